The molecule has 1 atom stereocenters. The second-order valence-corrected chi connectivity index (χ2v) is 6.07. The molecule has 0 unspecified atom stereocenters. The van der Waals surface area contributed by atoms with Crippen LogP contribution in [0.2, 0.25) is 0 Å². The maximum Gasteiger partial charge on any atom is 0.227 e. The van der Waals surface area contributed by atoms with Crippen molar-refractivity contribution < 1.29 is 19.0 Å². The first kappa shape index (κ1) is 16.4. The number of likely N-dealkylation sites (tertiary alicyclic amines) is 1. The van der Waals surface area contributed by atoms with Gasteiger partial charge >= 0.3 is 0 Å². The molecule has 1 fully saturated rings. The van der Waals surface area contributed by atoms with Crippen LogP contribution in [0.5, 0.6) is 5.75 Å². The van der Waals surface area contributed by atoms with Crippen LogP contribution >= 0.6 is 0 Å². The van der Waals surface area contributed by atoms with Crippen LogP contribution in [0.4, 0.5) is 4.39 Å². The maximum absolute atomic E-state index is 13.1. The number of carbonyl (C=O) groups excluding carboxylic acids is 1. The molecule has 1 aromatic carbocycles. The number of hydrogen-bond donors (Lipinski definition) is 1. The van der Waals surface area contributed by atoms with Crippen molar-refractivity contribution in [3.8, 4) is 5.75 Å². The van der Waals surface area contributed by atoms with E-state index in [1.165, 1.54) is 12.1 Å². The molecule has 0 aliphatic carbocycles. The molecule has 1 amide bonds. The molecule has 0 bridgehead atoms. The number of carbonyl (C=O) groups is 1. The smallest absolute Gasteiger partial charge is 0.227 e. The predicted octanol–water partition coefficient (Wildman–Crippen LogP) is 1.81. The first-order valence-electron chi connectivity index (χ1n) is 7.82. The van der Waals surface area contributed by atoms with Gasteiger partial charge in [-0.2, -0.15) is 0 Å². The molecular weight excluding hydrogens is 311 g/mol. The van der Waals surface area contributed by atoms with Crippen molar-refractivity contribution in [2.24, 2.45) is 0 Å². The van der Waals surface area contributed by atoms with Crippen LogP contribution in [-0.2, 0) is 11.2 Å². The Labute approximate surface area is 139 Å². The molecule has 1 aliphatic heterocycles. The van der Waals surface area contributed by atoms with Gasteiger partial charge in [-0.15, -0.1) is 0 Å². The molecule has 1 N–H and O–H groups in total. The SMILES string of the molecule is O=C(Cc1ccncc1)N1CC[C@@](O)(COc2cccc(F)c2)C1. The predicted molar refractivity (Wildman–Crippen MR) is 86.0 cm³/mol. The largest absolute Gasteiger partial charge is 0.490 e. The van der Waals surface area contributed by atoms with Crippen LogP contribution in [0.25, 0.3) is 0 Å². The summed E-state index contributed by atoms with van der Waals surface area (Å²) in [4.78, 5) is 17.9. The highest BCUT2D eigenvalue weighted by Crippen LogP contribution is 2.24. The summed E-state index contributed by atoms with van der Waals surface area (Å²) in [5.41, 5.74) is -0.221. The van der Waals surface area contributed by atoms with E-state index in [0.29, 0.717) is 18.7 Å². The number of rotatable bonds is 5. The van der Waals surface area contributed by atoms with Gasteiger partial charge in [0.25, 0.3) is 0 Å². The second-order valence-electron chi connectivity index (χ2n) is 6.07. The molecule has 1 aromatic heterocycles. The van der Waals surface area contributed by atoms with Crippen LogP contribution in [0, 0.1) is 5.82 Å². The number of ether oxygens (including phenoxy) is 1. The Hall–Kier alpha value is -2.47. The van der Waals surface area contributed by atoms with E-state index in [1.807, 2.05) is 0 Å². The average Bonchev–Trinajstić information content (AvgIpc) is 2.97. The first-order chi connectivity index (χ1) is 11.5. The van der Waals surface area contributed by atoms with E-state index in [-0.39, 0.29) is 31.3 Å². The van der Waals surface area contributed by atoms with E-state index in [9.17, 15) is 14.3 Å². The Bertz CT molecular complexity index is 710. The molecule has 126 valence electrons. The van der Waals surface area contributed by atoms with Gasteiger partial charge in [0, 0.05) is 25.0 Å². The van der Waals surface area contributed by atoms with Gasteiger partial charge in [-0.3, -0.25) is 9.78 Å². The van der Waals surface area contributed by atoms with Crippen LogP contribution in [0.15, 0.2) is 48.8 Å². The minimum Gasteiger partial charge on any atom is -0.490 e. The highest BCUT2D eigenvalue weighted by atomic mass is 19.1. The number of benzene rings is 1. The summed E-state index contributed by atoms with van der Waals surface area (Å²) in [6.45, 7) is 0.717. The summed E-state index contributed by atoms with van der Waals surface area (Å²) in [5, 5.41) is 10.6. The Balaban J connectivity index is 1.54. The molecule has 24 heavy (non-hydrogen) atoms. The van der Waals surface area contributed by atoms with Crippen molar-refractivity contribution in [1.82, 2.24) is 9.88 Å². The molecule has 1 saturated heterocycles. The zero-order valence-corrected chi connectivity index (χ0v) is 13.2. The van der Waals surface area contributed by atoms with Crippen LogP contribution in [0.1, 0.15) is 12.0 Å². The molecule has 2 heterocycles. The number of amides is 1. The minimum atomic E-state index is -1.11. The highest BCUT2D eigenvalue weighted by Gasteiger charge is 2.38. The lowest BCUT2D eigenvalue weighted by Crippen LogP contribution is -2.41. The number of nitrogens with zero attached hydrogens (tertiary/aromatic N) is 2. The average molecular weight is 330 g/mol. The lowest BCUT2D eigenvalue weighted by atomic mass is 10.1. The third-order valence-electron chi connectivity index (χ3n) is 4.09. The van der Waals surface area contributed by atoms with Crippen molar-refractivity contribution in [3.05, 3.63) is 60.2 Å². The minimum absolute atomic E-state index is 0.0233. The number of β-amino-alcohol motifs (C(OH)–C–C–N with tert-alkyl or cyclic N) is 1. The lowest BCUT2D eigenvalue weighted by Gasteiger charge is -2.23. The quantitative estimate of drug-likeness (QED) is 0.908. The molecule has 2 aromatic rings. The monoisotopic (exact) mass is 330 g/mol. The van der Waals surface area contributed by atoms with Crippen LogP contribution < -0.4 is 4.74 Å². The number of aromatic nitrogens is 1. The molecule has 6 heteroatoms. The molecule has 0 radical (unpaired) electrons. The van der Waals surface area contributed by atoms with E-state index in [0.717, 1.165) is 5.56 Å². The number of aliphatic hydroxyl groups is 1. The van der Waals surface area contributed by atoms with Crippen molar-refractivity contribution in [3.63, 3.8) is 0 Å². The standard InChI is InChI=1S/C18H19FN2O3/c19-15-2-1-3-16(11-15)24-13-18(23)6-9-21(12-18)17(22)10-14-4-7-20-8-5-14/h1-5,7-8,11,23H,6,9-10,12-13H2/t18-/m0/s1. The molecule has 3 rings (SSSR count). The van der Waals surface area contributed by atoms with Gasteiger partial charge < -0.3 is 14.7 Å². The Kier molecular flexibility index (Phi) is 4.76. The van der Waals surface area contributed by atoms with Gasteiger partial charge in [0.1, 0.15) is 23.8 Å². The van der Waals surface area contributed by atoms with Crippen molar-refractivity contribution >= 4 is 5.91 Å². The Morgan fingerprint density at radius 1 is 1.33 bits per heavy atom. The summed E-state index contributed by atoms with van der Waals surface area (Å²) in [6, 6.07) is 9.38. The van der Waals surface area contributed by atoms with E-state index >= 15 is 0 Å². The third kappa shape index (κ3) is 4.08. The van der Waals surface area contributed by atoms with E-state index in [2.05, 4.69) is 4.98 Å². The van der Waals surface area contributed by atoms with Crippen LogP contribution in [-0.4, -0.2) is 46.2 Å². The fraction of sp³-hybridized carbons (Fsp3) is 0.333. The molecule has 1 aliphatic rings. The molecule has 5 nitrogen and oxygen atoms in total. The summed E-state index contributed by atoms with van der Waals surface area (Å²) in [7, 11) is 0. The Morgan fingerprint density at radius 2 is 2.12 bits per heavy atom. The second kappa shape index (κ2) is 6.97. The van der Waals surface area contributed by atoms with E-state index in [4.69, 9.17) is 4.74 Å². The van der Waals surface area contributed by atoms with E-state index < -0.39 is 5.60 Å². The maximum atomic E-state index is 13.1. The van der Waals surface area contributed by atoms with Gasteiger partial charge in [0.05, 0.1) is 13.0 Å². The topological polar surface area (TPSA) is 62.7 Å². The third-order valence-corrected chi connectivity index (χ3v) is 4.09. The number of halogens is 1. The van der Waals surface area contributed by atoms with Gasteiger partial charge in [0.15, 0.2) is 0 Å². The van der Waals surface area contributed by atoms with Crippen molar-refractivity contribution in [2.45, 2.75) is 18.4 Å². The summed E-state index contributed by atoms with van der Waals surface area (Å²) in [6.07, 6.45) is 4.01. The number of pyridine rings is 1. The lowest BCUT2D eigenvalue weighted by molar-refractivity contribution is -0.130. The normalized spacial score (nSPS) is 20.2. The van der Waals surface area contributed by atoms with Gasteiger partial charge in [-0.1, -0.05) is 6.07 Å². The van der Waals surface area contributed by atoms with Crippen LogP contribution in [0.3, 0.4) is 0 Å². The highest BCUT2D eigenvalue weighted by molar-refractivity contribution is 5.79. The fourth-order valence-electron chi connectivity index (χ4n) is 2.75. The van der Waals surface area contributed by atoms with Gasteiger partial charge in [-0.05, 0) is 36.2 Å². The number of hydrogen-bond acceptors (Lipinski definition) is 4. The zero-order valence-electron chi connectivity index (χ0n) is 13.2. The summed E-state index contributed by atoms with van der Waals surface area (Å²) in [5.74, 6) is -0.0621. The fourth-order valence-corrected chi connectivity index (χ4v) is 2.75. The molecule has 0 spiro atoms. The van der Waals surface area contributed by atoms with Gasteiger partial charge in [-0.25, -0.2) is 4.39 Å². The van der Waals surface area contributed by atoms with Gasteiger partial charge in [0.2, 0.25) is 5.91 Å². The first-order valence-corrected chi connectivity index (χ1v) is 7.82. The molecular formula is C18H19FN2O3. The van der Waals surface area contributed by atoms with E-state index in [1.54, 1.807) is 41.6 Å². The summed E-state index contributed by atoms with van der Waals surface area (Å²) < 4.78 is 18.6. The molecule has 0 saturated carbocycles. The Morgan fingerprint density at radius 3 is 2.88 bits per heavy atom. The zero-order chi connectivity index (χ0) is 17.0. The van der Waals surface area contributed by atoms with Crippen molar-refractivity contribution in [1.29, 1.82) is 0 Å². The van der Waals surface area contributed by atoms with Crippen molar-refractivity contribution in [2.75, 3.05) is 19.7 Å². The summed E-state index contributed by atoms with van der Waals surface area (Å²) >= 11 is 0.